The lowest BCUT2D eigenvalue weighted by atomic mass is 10.0. The molecule has 0 heterocycles. The molecule has 0 fully saturated rings. The summed E-state index contributed by atoms with van der Waals surface area (Å²) in [4.78, 5) is 0. The van der Waals surface area contributed by atoms with Crippen LogP contribution in [-0.2, 0) is 0 Å². The van der Waals surface area contributed by atoms with Crippen molar-refractivity contribution in [2.75, 3.05) is 0 Å². The van der Waals surface area contributed by atoms with E-state index in [-0.39, 0.29) is 28.4 Å². The van der Waals surface area contributed by atoms with E-state index in [0.717, 1.165) is 18.2 Å². The van der Waals surface area contributed by atoms with Crippen LogP contribution >= 0.6 is 0 Å². The molecule has 8 heteroatoms. The number of phenols is 6. The zero-order valence-electron chi connectivity index (χ0n) is 13.2. The third kappa shape index (κ3) is 3.03. The smallest absolute Gasteiger partial charge is 0.170 e. The molecule has 3 aromatic carbocycles. The van der Waals surface area contributed by atoms with E-state index >= 15 is 0 Å². The van der Waals surface area contributed by atoms with Crippen LogP contribution in [0.3, 0.4) is 0 Å². The second kappa shape index (κ2) is 6.52. The molecule has 3 rings (SSSR count). The summed E-state index contributed by atoms with van der Waals surface area (Å²) in [6.07, 6.45) is 0. The van der Waals surface area contributed by atoms with Gasteiger partial charge in [0.1, 0.15) is 11.5 Å². The first-order valence-corrected chi connectivity index (χ1v) is 7.38. The van der Waals surface area contributed by atoms with Gasteiger partial charge in [0.15, 0.2) is 34.4 Å². The van der Waals surface area contributed by atoms with Gasteiger partial charge < -0.3 is 30.6 Å². The number of hydrogen-bond acceptors (Lipinski definition) is 8. The van der Waals surface area contributed by atoms with Gasteiger partial charge in [-0.25, -0.2) is 0 Å². The SMILES string of the molecule is Oc1cc(O)c(N=Nc2c(O)cc(O)c(-c3ccccc3)c2O)c(O)c1. The number of phenolic OH excluding ortho intramolecular Hbond substituents is 6. The maximum atomic E-state index is 10.4. The van der Waals surface area contributed by atoms with E-state index in [2.05, 4.69) is 10.2 Å². The molecular formula is C18H14N2O6. The van der Waals surface area contributed by atoms with Gasteiger partial charge >= 0.3 is 0 Å². The Hall–Kier alpha value is -3.94. The molecule has 26 heavy (non-hydrogen) atoms. The first-order chi connectivity index (χ1) is 12.4. The minimum atomic E-state index is -0.554. The second-order valence-corrected chi connectivity index (χ2v) is 5.39. The third-order valence-electron chi connectivity index (χ3n) is 3.60. The molecule has 3 aromatic rings. The van der Waals surface area contributed by atoms with E-state index in [4.69, 9.17) is 0 Å². The summed E-state index contributed by atoms with van der Waals surface area (Å²) in [5, 5.41) is 66.5. The Labute approximate surface area is 147 Å². The average molecular weight is 354 g/mol. The topological polar surface area (TPSA) is 146 Å². The van der Waals surface area contributed by atoms with Gasteiger partial charge in [-0.2, -0.15) is 0 Å². The number of azo groups is 1. The first-order valence-electron chi connectivity index (χ1n) is 7.38. The molecule has 0 aliphatic heterocycles. The summed E-state index contributed by atoms with van der Waals surface area (Å²) in [5.74, 6) is -2.92. The molecule has 6 N–H and O–H groups in total. The molecule has 0 aliphatic rings. The molecule has 0 amide bonds. The summed E-state index contributed by atoms with van der Waals surface area (Å²) in [6.45, 7) is 0. The van der Waals surface area contributed by atoms with E-state index in [1.165, 1.54) is 0 Å². The van der Waals surface area contributed by atoms with Crippen molar-refractivity contribution in [3.63, 3.8) is 0 Å². The third-order valence-corrected chi connectivity index (χ3v) is 3.60. The largest absolute Gasteiger partial charge is 0.508 e. The second-order valence-electron chi connectivity index (χ2n) is 5.39. The van der Waals surface area contributed by atoms with Crippen LogP contribution in [0, 0.1) is 0 Å². The Bertz CT molecular complexity index is 979. The van der Waals surface area contributed by atoms with Crippen LogP contribution in [0.15, 0.2) is 58.8 Å². The van der Waals surface area contributed by atoms with E-state index in [1.807, 2.05) is 0 Å². The van der Waals surface area contributed by atoms with Gasteiger partial charge in [-0.3, -0.25) is 0 Å². The van der Waals surface area contributed by atoms with Crippen molar-refractivity contribution >= 4 is 11.4 Å². The fourth-order valence-corrected chi connectivity index (χ4v) is 2.41. The van der Waals surface area contributed by atoms with Crippen LogP contribution < -0.4 is 0 Å². The molecule has 132 valence electrons. The fourth-order valence-electron chi connectivity index (χ4n) is 2.41. The highest BCUT2D eigenvalue weighted by molar-refractivity contribution is 5.84. The molecule has 8 nitrogen and oxygen atoms in total. The molecule has 0 saturated carbocycles. The highest BCUT2D eigenvalue weighted by Gasteiger charge is 2.19. The Morgan fingerprint density at radius 3 is 1.73 bits per heavy atom. The molecule has 0 atom stereocenters. The van der Waals surface area contributed by atoms with Crippen LogP contribution in [-0.4, -0.2) is 30.6 Å². The normalized spacial score (nSPS) is 11.1. The molecule has 0 aliphatic carbocycles. The van der Waals surface area contributed by atoms with Crippen molar-refractivity contribution < 1.29 is 30.6 Å². The number of benzene rings is 3. The lowest BCUT2D eigenvalue weighted by Crippen LogP contribution is -1.82. The quantitative estimate of drug-likeness (QED) is 0.392. The van der Waals surface area contributed by atoms with Crippen molar-refractivity contribution in [2.24, 2.45) is 10.2 Å². The Morgan fingerprint density at radius 2 is 1.12 bits per heavy atom. The van der Waals surface area contributed by atoms with E-state index < -0.39 is 23.0 Å². The fraction of sp³-hybridized carbons (Fsp3) is 0. The van der Waals surface area contributed by atoms with Crippen molar-refractivity contribution in [3.05, 3.63) is 48.5 Å². The van der Waals surface area contributed by atoms with Gasteiger partial charge in [0.05, 0.1) is 5.56 Å². The van der Waals surface area contributed by atoms with E-state index in [9.17, 15) is 30.6 Å². The monoisotopic (exact) mass is 354 g/mol. The minimum Gasteiger partial charge on any atom is -0.508 e. The Morgan fingerprint density at radius 1 is 0.577 bits per heavy atom. The lowest BCUT2D eigenvalue weighted by Gasteiger charge is -2.11. The first kappa shape index (κ1) is 16.9. The standard InChI is InChI=1S/C18H14N2O6/c21-10-6-12(23)16(13(24)7-10)19-20-17-14(25)8-11(22)15(18(17)26)9-4-2-1-3-5-9/h1-8,21-26H. The molecule has 0 spiro atoms. The molecule has 0 unspecified atom stereocenters. The van der Waals surface area contributed by atoms with Crippen molar-refractivity contribution in [1.29, 1.82) is 0 Å². The highest BCUT2D eigenvalue weighted by Crippen LogP contribution is 2.49. The summed E-state index contributed by atoms with van der Waals surface area (Å²) >= 11 is 0. The van der Waals surface area contributed by atoms with Gasteiger partial charge in [0.2, 0.25) is 0 Å². The Kier molecular flexibility index (Phi) is 4.24. The van der Waals surface area contributed by atoms with E-state index in [0.29, 0.717) is 5.56 Å². The molecule has 0 radical (unpaired) electrons. The maximum absolute atomic E-state index is 10.4. The van der Waals surface area contributed by atoms with Crippen molar-refractivity contribution in [2.45, 2.75) is 0 Å². The van der Waals surface area contributed by atoms with Crippen LogP contribution in [0.4, 0.5) is 11.4 Å². The number of aromatic hydroxyl groups is 6. The van der Waals surface area contributed by atoms with Crippen LogP contribution in [0.5, 0.6) is 34.5 Å². The predicted molar refractivity (Wildman–Crippen MR) is 92.5 cm³/mol. The average Bonchev–Trinajstić information content (AvgIpc) is 2.57. The predicted octanol–water partition coefficient (Wildman–Crippen LogP) is 4.00. The summed E-state index contributed by atoms with van der Waals surface area (Å²) < 4.78 is 0. The molecule has 0 bridgehead atoms. The lowest BCUT2D eigenvalue weighted by molar-refractivity contribution is 0.426. The summed E-state index contributed by atoms with van der Waals surface area (Å²) in [5.41, 5.74) is -0.213. The number of rotatable bonds is 3. The Balaban J connectivity index is 2.12. The molecule has 0 saturated heterocycles. The zero-order valence-corrected chi connectivity index (χ0v) is 13.2. The van der Waals surface area contributed by atoms with Crippen molar-refractivity contribution in [1.82, 2.24) is 0 Å². The van der Waals surface area contributed by atoms with Gasteiger partial charge in [-0.05, 0) is 5.56 Å². The zero-order chi connectivity index (χ0) is 18.8. The maximum Gasteiger partial charge on any atom is 0.170 e. The molecule has 0 aromatic heterocycles. The van der Waals surface area contributed by atoms with E-state index in [1.54, 1.807) is 30.3 Å². The number of hydrogen-bond donors (Lipinski definition) is 6. The van der Waals surface area contributed by atoms with Gasteiger partial charge in [0, 0.05) is 18.2 Å². The summed E-state index contributed by atoms with van der Waals surface area (Å²) in [7, 11) is 0. The summed E-state index contributed by atoms with van der Waals surface area (Å²) in [6, 6.07) is 11.3. The van der Waals surface area contributed by atoms with Gasteiger partial charge in [0.25, 0.3) is 0 Å². The molecular weight excluding hydrogens is 340 g/mol. The van der Waals surface area contributed by atoms with Crippen LogP contribution in [0.25, 0.3) is 11.1 Å². The van der Waals surface area contributed by atoms with Crippen LogP contribution in [0.2, 0.25) is 0 Å². The van der Waals surface area contributed by atoms with Crippen LogP contribution in [0.1, 0.15) is 0 Å². The van der Waals surface area contributed by atoms with Gasteiger partial charge in [-0.1, -0.05) is 30.3 Å². The van der Waals surface area contributed by atoms with Crippen molar-refractivity contribution in [3.8, 4) is 45.6 Å². The van der Waals surface area contributed by atoms with Gasteiger partial charge in [-0.15, -0.1) is 10.2 Å². The number of nitrogens with zero attached hydrogens (tertiary/aromatic N) is 2. The minimum absolute atomic E-state index is 0.0384. The highest BCUT2D eigenvalue weighted by atomic mass is 16.3.